The van der Waals surface area contributed by atoms with Gasteiger partial charge in [0.25, 0.3) is 5.91 Å². The molecule has 0 unspecified atom stereocenters. The second-order valence-electron chi connectivity index (χ2n) is 6.24. The summed E-state index contributed by atoms with van der Waals surface area (Å²) < 4.78 is 5.68. The van der Waals surface area contributed by atoms with Crippen LogP contribution in [0.15, 0.2) is 0 Å². The van der Waals surface area contributed by atoms with Gasteiger partial charge in [0.05, 0.1) is 17.1 Å². The van der Waals surface area contributed by atoms with Gasteiger partial charge in [0.2, 0.25) is 11.8 Å². The minimum absolute atomic E-state index is 0.338. The molecule has 0 aromatic heterocycles. The van der Waals surface area contributed by atoms with E-state index in [4.69, 9.17) is 4.74 Å². The van der Waals surface area contributed by atoms with E-state index >= 15 is 0 Å². The Balaban J connectivity index is 2.00. The van der Waals surface area contributed by atoms with E-state index in [0.29, 0.717) is 19.4 Å². The van der Waals surface area contributed by atoms with Crippen molar-refractivity contribution in [2.24, 2.45) is 11.8 Å². The first kappa shape index (κ1) is 13.3. The molecule has 110 valence electrons. The van der Waals surface area contributed by atoms with E-state index in [1.165, 1.54) is 0 Å². The van der Waals surface area contributed by atoms with Crippen LogP contribution in [0.3, 0.4) is 0 Å². The van der Waals surface area contributed by atoms with Crippen LogP contribution >= 0.6 is 0 Å². The van der Waals surface area contributed by atoms with Gasteiger partial charge >= 0.3 is 0 Å². The zero-order valence-corrected chi connectivity index (χ0v) is 11.4. The van der Waals surface area contributed by atoms with E-state index in [1.807, 2.05) is 13.8 Å². The minimum atomic E-state index is -1.00. The van der Waals surface area contributed by atoms with Crippen LogP contribution in [0.25, 0.3) is 0 Å². The first-order valence-corrected chi connectivity index (χ1v) is 6.65. The summed E-state index contributed by atoms with van der Waals surface area (Å²) in [6.07, 6.45) is 1.08. The summed E-state index contributed by atoms with van der Waals surface area (Å²) >= 11 is 0. The van der Waals surface area contributed by atoms with Crippen LogP contribution in [0, 0.1) is 11.8 Å². The molecule has 1 spiro atoms. The molecule has 4 N–H and O–H groups in total. The third-order valence-corrected chi connectivity index (χ3v) is 4.30. The molecular weight excluding hydrogens is 264 g/mol. The van der Waals surface area contributed by atoms with Gasteiger partial charge in [-0.25, -0.2) is 5.43 Å². The van der Waals surface area contributed by atoms with Crippen molar-refractivity contribution in [2.45, 2.75) is 37.8 Å². The van der Waals surface area contributed by atoms with Gasteiger partial charge < -0.3 is 4.74 Å². The largest absolute Gasteiger partial charge is 0.375 e. The quantitative estimate of drug-likeness (QED) is 0.398. The maximum absolute atomic E-state index is 12.2. The summed E-state index contributed by atoms with van der Waals surface area (Å²) in [6, 6.07) is 0. The molecule has 0 aromatic rings. The minimum Gasteiger partial charge on any atom is -0.375 e. The van der Waals surface area contributed by atoms with E-state index < -0.39 is 34.8 Å². The molecule has 20 heavy (non-hydrogen) atoms. The Morgan fingerprint density at radius 1 is 1.05 bits per heavy atom. The maximum Gasteiger partial charge on any atom is 0.251 e. The van der Waals surface area contributed by atoms with Crippen molar-refractivity contribution in [3.05, 3.63) is 0 Å². The van der Waals surface area contributed by atoms with Gasteiger partial charge in [-0.1, -0.05) is 0 Å². The van der Waals surface area contributed by atoms with Crippen molar-refractivity contribution < 1.29 is 19.1 Å². The van der Waals surface area contributed by atoms with Gasteiger partial charge in [-0.05, 0) is 26.7 Å². The lowest BCUT2D eigenvalue weighted by Crippen LogP contribution is -2.77. The lowest BCUT2D eigenvalue weighted by Gasteiger charge is -2.53. The van der Waals surface area contributed by atoms with Gasteiger partial charge in [-0.3, -0.25) is 30.7 Å². The fourth-order valence-corrected chi connectivity index (χ4v) is 3.54. The first-order valence-electron chi connectivity index (χ1n) is 6.65. The molecule has 0 saturated carbocycles. The summed E-state index contributed by atoms with van der Waals surface area (Å²) in [5.74, 6) is -3.02. The molecule has 3 aliphatic rings. The molecule has 0 aliphatic carbocycles. The number of fused-ring (bicyclic) bond motifs is 2. The fraction of sp³-hybridized carbons (Fsp3) is 0.750. The van der Waals surface area contributed by atoms with Crippen LogP contribution in [0.5, 0.6) is 0 Å². The number of hydrogen-bond acceptors (Lipinski definition) is 5. The second kappa shape index (κ2) is 4.16. The summed E-state index contributed by atoms with van der Waals surface area (Å²) in [6.45, 7) is 4.33. The van der Waals surface area contributed by atoms with Crippen molar-refractivity contribution in [3.63, 3.8) is 0 Å². The molecular formula is C12H18N4O4. The predicted molar refractivity (Wildman–Crippen MR) is 66.5 cm³/mol. The zero-order valence-electron chi connectivity index (χ0n) is 11.4. The first-order chi connectivity index (χ1) is 9.35. The topological polar surface area (TPSA) is 109 Å². The lowest BCUT2D eigenvalue weighted by molar-refractivity contribution is -0.169. The highest BCUT2D eigenvalue weighted by atomic mass is 16.5. The highest BCUT2D eigenvalue weighted by Gasteiger charge is 2.59. The van der Waals surface area contributed by atoms with Crippen LogP contribution < -0.4 is 21.7 Å². The van der Waals surface area contributed by atoms with Crippen molar-refractivity contribution in [2.75, 3.05) is 6.61 Å². The number of hydrogen-bond donors (Lipinski definition) is 4. The van der Waals surface area contributed by atoms with Crippen LogP contribution in [-0.4, -0.2) is 35.5 Å². The molecule has 8 nitrogen and oxygen atoms in total. The Hall–Kier alpha value is -1.67. The highest BCUT2D eigenvalue weighted by Crippen LogP contribution is 2.42. The highest BCUT2D eigenvalue weighted by molar-refractivity contribution is 6.08. The van der Waals surface area contributed by atoms with Gasteiger partial charge in [0.1, 0.15) is 5.92 Å². The number of ether oxygens (including phenoxy) is 1. The molecule has 8 heteroatoms. The van der Waals surface area contributed by atoms with Crippen molar-refractivity contribution in [1.29, 1.82) is 0 Å². The van der Waals surface area contributed by atoms with Crippen molar-refractivity contribution in [1.82, 2.24) is 21.7 Å². The molecule has 3 amide bonds. The Kier molecular flexibility index (Phi) is 2.77. The maximum atomic E-state index is 12.2. The van der Waals surface area contributed by atoms with E-state index in [0.717, 1.165) is 0 Å². The van der Waals surface area contributed by atoms with Crippen LogP contribution in [-0.2, 0) is 19.1 Å². The number of carbonyl (C=O) groups excluding carboxylic acids is 3. The Bertz CT molecular complexity index is 484. The average Bonchev–Trinajstić information content (AvgIpc) is 2.36. The van der Waals surface area contributed by atoms with Gasteiger partial charge in [-0.15, -0.1) is 0 Å². The summed E-state index contributed by atoms with van der Waals surface area (Å²) in [7, 11) is 0. The van der Waals surface area contributed by atoms with E-state index in [9.17, 15) is 14.4 Å². The number of hydrazine groups is 2. The molecule has 3 atom stereocenters. The van der Waals surface area contributed by atoms with Crippen LogP contribution in [0.1, 0.15) is 26.7 Å². The number of amides is 3. The SMILES string of the molecule is CC1(C)C[C@@]2(CCO1)NNC(=O)[C@H]1C(=O)NNC(=O)[C@@H]12. The van der Waals surface area contributed by atoms with Crippen molar-refractivity contribution in [3.8, 4) is 0 Å². The van der Waals surface area contributed by atoms with E-state index in [1.54, 1.807) is 0 Å². The third kappa shape index (κ3) is 1.87. The van der Waals surface area contributed by atoms with E-state index in [-0.39, 0.29) is 5.91 Å². The smallest absolute Gasteiger partial charge is 0.251 e. The summed E-state index contributed by atoms with van der Waals surface area (Å²) in [4.78, 5) is 36.1. The van der Waals surface area contributed by atoms with Crippen LogP contribution in [0.2, 0.25) is 0 Å². The van der Waals surface area contributed by atoms with Crippen LogP contribution in [0.4, 0.5) is 0 Å². The van der Waals surface area contributed by atoms with E-state index in [2.05, 4.69) is 21.7 Å². The van der Waals surface area contributed by atoms with Crippen molar-refractivity contribution >= 4 is 17.7 Å². The Morgan fingerprint density at radius 2 is 1.70 bits per heavy atom. The molecule has 3 aliphatic heterocycles. The average molecular weight is 282 g/mol. The third-order valence-electron chi connectivity index (χ3n) is 4.30. The molecule has 3 saturated heterocycles. The van der Waals surface area contributed by atoms with Gasteiger partial charge in [0.15, 0.2) is 0 Å². The summed E-state index contributed by atoms with van der Waals surface area (Å²) in [5, 5.41) is 0. The number of rotatable bonds is 0. The molecule has 3 heterocycles. The standard InChI is InChI=1S/C12H18N4O4/c1-11(2)5-12(3-4-20-11)7-6(9(18)15-16-12)8(17)13-14-10(7)19/h6-7,16H,3-5H2,1-2H3,(H,13,17)(H,14,19)(H,15,18)/t6-,7-,12-/m1/s1. The number of carbonyl (C=O) groups is 3. The van der Waals surface area contributed by atoms with Gasteiger partial charge in [0, 0.05) is 6.61 Å². The molecule has 0 radical (unpaired) electrons. The molecule has 0 bridgehead atoms. The molecule has 0 aromatic carbocycles. The number of nitrogens with one attached hydrogen (secondary N) is 4. The second-order valence-corrected chi connectivity index (χ2v) is 6.24. The normalized spacial score (nSPS) is 39.6. The Morgan fingerprint density at radius 3 is 2.40 bits per heavy atom. The summed E-state index contributed by atoms with van der Waals surface area (Å²) in [5.41, 5.74) is 9.02. The zero-order chi connectivity index (χ0) is 14.5. The Labute approximate surface area is 115 Å². The fourth-order valence-electron chi connectivity index (χ4n) is 3.54. The lowest BCUT2D eigenvalue weighted by atomic mass is 9.65. The monoisotopic (exact) mass is 282 g/mol. The predicted octanol–water partition coefficient (Wildman–Crippen LogP) is -1.66. The molecule has 3 rings (SSSR count). The molecule has 3 fully saturated rings. The van der Waals surface area contributed by atoms with Gasteiger partial charge in [-0.2, -0.15) is 0 Å².